The lowest BCUT2D eigenvalue weighted by Crippen LogP contribution is -2.48. The molecule has 4 nitrogen and oxygen atoms in total. The van der Waals surface area contributed by atoms with Gasteiger partial charge >= 0.3 is 5.97 Å². The van der Waals surface area contributed by atoms with Crippen LogP contribution in [-0.2, 0) is 9.53 Å². The van der Waals surface area contributed by atoms with E-state index >= 15 is 0 Å². The van der Waals surface area contributed by atoms with Crippen LogP contribution in [-0.4, -0.2) is 23.3 Å². The van der Waals surface area contributed by atoms with Gasteiger partial charge in [0.05, 0.1) is 11.7 Å². The van der Waals surface area contributed by atoms with Crippen molar-refractivity contribution in [3.05, 3.63) is 48.0 Å². The van der Waals surface area contributed by atoms with Gasteiger partial charge in [0.1, 0.15) is 17.1 Å². The molecule has 4 heteroatoms. The maximum absolute atomic E-state index is 11.9. The second kappa shape index (κ2) is 5.84. The number of ether oxygens (including phenoxy) is 3. The Bertz CT molecular complexity index is 949. The van der Waals surface area contributed by atoms with E-state index in [0.29, 0.717) is 17.8 Å². The number of fused-ring (bicyclic) bond motifs is 4. The number of carbonyl (C=O) groups is 1. The van der Waals surface area contributed by atoms with E-state index in [4.69, 9.17) is 14.2 Å². The zero-order valence-corrected chi connectivity index (χ0v) is 16.8. The summed E-state index contributed by atoms with van der Waals surface area (Å²) in [6.45, 7) is 7.98. The number of rotatable bonds is 2. The highest BCUT2D eigenvalue weighted by molar-refractivity contribution is 5.75. The van der Waals surface area contributed by atoms with Crippen LogP contribution in [0.2, 0.25) is 0 Å². The number of esters is 1. The monoisotopic (exact) mass is 378 g/mol. The Morgan fingerprint density at radius 2 is 1.86 bits per heavy atom. The van der Waals surface area contributed by atoms with Crippen LogP contribution in [0.25, 0.3) is 11.1 Å². The Morgan fingerprint density at radius 1 is 1.11 bits per heavy atom. The molecule has 2 aliphatic heterocycles. The van der Waals surface area contributed by atoms with E-state index in [2.05, 4.69) is 39.0 Å². The molecule has 1 aliphatic carbocycles. The molecule has 2 aromatic rings. The molecule has 1 saturated heterocycles. The Morgan fingerprint density at radius 3 is 2.57 bits per heavy atom. The summed E-state index contributed by atoms with van der Waals surface area (Å²) >= 11 is 0. The molecule has 28 heavy (non-hydrogen) atoms. The first-order chi connectivity index (χ1) is 13.3. The molecular formula is C24H26O4. The molecule has 5 rings (SSSR count). The smallest absolute Gasteiger partial charge is 0.308 e. The van der Waals surface area contributed by atoms with Gasteiger partial charge in [0.25, 0.3) is 0 Å². The van der Waals surface area contributed by atoms with Crippen molar-refractivity contribution in [3.63, 3.8) is 0 Å². The molecule has 0 spiro atoms. The first-order valence-corrected chi connectivity index (χ1v) is 10.1. The van der Waals surface area contributed by atoms with Crippen LogP contribution in [0.1, 0.15) is 52.0 Å². The molecule has 0 amide bonds. The number of benzene rings is 2. The normalized spacial score (nSPS) is 31.6. The topological polar surface area (TPSA) is 48.1 Å². The highest BCUT2D eigenvalue weighted by atomic mass is 16.6. The fourth-order valence-corrected chi connectivity index (χ4v) is 5.26. The zero-order chi connectivity index (χ0) is 19.7. The van der Waals surface area contributed by atoms with Crippen LogP contribution in [0.5, 0.6) is 11.5 Å². The van der Waals surface area contributed by atoms with Crippen LogP contribution < -0.4 is 9.47 Å². The molecule has 4 atom stereocenters. The minimum atomic E-state index is -0.309. The summed E-state index contributed by atoms with van der Waals surface area (Å²) in [4.78, 5) is 11.9. The van der Waals surface area contributed by atoms with Crippen molar-refractivity contribution in [3.8, 4) is 22.6 Å². The van der Waals surface area contributed by atoms with E-state index in [-0.39, 0.29) is 23.1 Å². The molecule has 2 heterocycles. The summed E-state index contributed by atoms with van der Waals surface area (Å²) in [5.74, 6) is 1.72. The summed E-state index contributed by atoms with van der Waals surface area (Å²) < 4.78 is 18.3. The van der Waals surface area contributed by atoms with Gasteiger partial charge in [-0.1, -0.05) is 30.3 Å². The molecule has 0 bridgehead atoms. The average molecular weight is 378 g/mol. The lowest BCUT2D eigenvalue weighted by Gasteiger charge is -2.47. The first-order valence-electron chi connectivity index (χ1n) is 10.1. The summed E-state index contributed by atoms with van der Waals surface area (Å²) in [7, 11) is 0. The summed E-state index contributed by atoms with van der Waals surface area (Å²) in [5.41, 5.74) is 2.73. The quantitative estimate of drug-likeness (QED) is 0.414. The molecule has 0 aromatic heterocycles. The van der Waals surface area contributed by atoms with Crippen molar-refractivity contribution in [1.82, 2.24) is 0 Å². The Hall–Kier alpha value is -2.33. The van der Waals surface area contributed by atoms with Crippen LogP contribution >= 0.6 is 0 Å². The van der Waals surface area contributed by atoms with Crippen LogP contribution in [0, 0.1) is 5.92 Å². The molecular weight excluding hydrogens is 352 g/mol. The van der Waals surface area contributed by atoms with E-state index < -0.39 is 0 Å². The summed E-state index contributed by atoms with van der Waals surface area (Å²) in [5, 5.41) is 0. The summed E-state index contributed by atoms with van der Waals surface area (Å²) in [6.07, 6.45) is 2.23. The van der Waals surface area contributed by atoms with Gasteiger partial charge in [-0.05, 0) is 56.9 Å². The molecule has 2 fully saturated rings. The van der Waals surface area contributed by atoms with E-state index in [0.717, 1.165) is 35.3 Å². The highest BCUT2D eigenvalue weighted by Crippen LogP contribution is 2.62. The third-order valence-electron chi connectivity index (χ3n) is 6.72. The minimum absolute atomic E-state index is 0.0581. The predicted molar refractivity (Wildman–Crippen MR) is 107 cm³/mol. The van der Waals surface area contributed by atoms with Gasteiger partial charge in [0, 0.05) is 24.3 Å². The fourth-order valence-electron chi connectivity index (χ4n) is 5.26. The van der Waals surface area contributed by atoms with Gasteiger partial charge in [-0.15, -0.1) is 0 Å². The molecule has 0 radical (unpaired) electrons. The SMILES string of the molecule is CC(=O)Oc1cc(-c2ccccc2)cc2c1[C@@H]1C[C@]3(C)O[C@@H]3C[C@H]1C(C)(C)O2. The van der Waals surface area contributed by atoms with Crippen molar-refractivity contribution in [2.75, 3.05) is 0 Å². The number of hydrogen-bond acceptors (Lipinski definition) is 4. The second-order valence-corrected chi connectivity index (χ2v) is 9.12. The highest BCUT2D eigenvalue weighted by Gasteiger charge is 2.63. The molecule has 1 saturated carbocycles. The van der Waals surface area contributed by atoms with Crippen molar-refractivity contribution >= 4 is 5.97 Å². The molecule has 0 unspecified atom stereocenters. The third-order valence-corrected chi connectivity index (χ3v) is 6.72. The lowest BCUT2D eigenvalue weighted by molar-refractivity contribution is -0.132. The molecule has 0 N–H and O–H groups in total. The lowest BCUT2D eigenvalue weighted by atomic mass is 9.64. The number of hydrogen-bond donors (Lipinski definition) is 0. The van der Waals surface area contributed by atoms with Gasteiger partial charge in [-0.25, -0.2) is 0 Å². The Balaban J connectivity index is 1.68. The van der Waals surface area contributed by atoms with Gasteiger partial charge in [-0.2, -0.15) is 0 Å². The number of epoxide rings is 1. The Kier molecular flexibility index (Phi) is 3.70. The third kappa shape index (κ3) is 2.74. The number of carbonyl (C=O) groups excluding carboxylic acids is 1. The van der Waals surface area contributed by atoms with Crippen molar-refractivity contribution in [2.24, 2.45) is 5.92 Å². The average Bonchev–Trinajstić information content (AvgIpc) is 3.30. The maximum atomic E-state index is 11.9. The van der Waals surface area contributed by atoms with Crippen LogP contribution in [0.15, 0.2) is 42.5 Å². The standard InChI is InChI=1S/C24H26O4/c1-14(25)26-19-10-16(15-8-6-5-7-9-15)11-20-22(19)17-13-24(4)21(28-24)12-18(17)23(2,3)27-20/h5-11,17-18,21H,12-13H2,1-4H3/t17-,18-,21-,24+/m1/s1. The molecule has 146 valence electrons. The first kappa shape index (κ1) is 17.7. The fraction of sp³-hybridized carbons (Fsp3) is 0.458. The van der Waals surface area contributed by atoms with Gasteiger partial charge < -0.3 is 14.2 Å². The van der Waals surface area contributed by atoms with E-state index in [1.165, 1.54) is 6.92 Å². The Labute approximate surface area is 165 Å². The largest absolute Gasteiger partial charge is 0.487 e. The van der Waals surface area contributed by atoms with Crippen molar-refractivity contribution in [2.45, 2.75) is 63.8 Å². The van der Waals surface area contributed by atoms with Crippen LogP contribution in [0.4, 0.5) is 0 Å². The van der Waals surface area contributed by atoms with Crippen molar-refractivity contribution in [1.29, 1.82) is 0 Å². The molecule has 2 aromatic carbocycles. The van der Waals surface area contributed by atoms with E-state index in [1.807, 2.05) is 24.3 Å². The second-order valence-electron chi connectivity index (χ2n) is 9.12. The van der Waals surface area contributed by atoms with E-state index in [1.54, 1.807) is 0 Å². The summed E-state index contributed by atoms with van der Waals surface area (Å²) in [6, 6.07) is 14.2. The zero-order valence-electron chi connectivity index (χ0n) is 16.8. The van der Waals surface area contributed by atoms with Gasteiger partial charge in [0.15, 0.2) is 0 Å². The van der Waals surface area contributed by atoms with Gasteiger partial charge in [0.2, 0.25) is 0 Å². The van der Waals surface area contributed by atoms with E-state index in [9.17, 15) is 4.79 Å². The van der Waals surface area contributed by atoms with Crippen LogP contribution in [0.3, 0.4) is 0 Å². The maximum Gasteiger partial charge on any atom is 0.308 e. The van der Waals surface area contributed by atoms with Crippen molar-refractivity contribution < 1.29 is 19.0 Å². The minimum Gasteiger partial charge on any atom is -0.487 e. The van der Waals surface area contributed by atoms with Gasteiger partial charge in [-0.3, -0.25) is 4.79 Å². The predicted octanol–water partition coefficient (Wildman–Crippen LogP) is 5.10. The molecule has 3 aliphatic rings.